The second-order valence-electron chi connectivity index (χ2n) is 12.4. The van der Waals surface area contributed by atoms with Crippen LogP contribution in [0.5, 0.6) is 0 Å². The van der Waals surface area contributed by atoms with Crippen LogP contribution < -0.4 is 15.5 Å². The summed E-state index contributed by atoms with van der Waals surface area (Å²) in [5, 5.41) is 4.91. The van der Waals surface area contributed by atoms with Crippen molar-refractivity contribution in [3.8, 4) is 22.3 Å². The monoisotopic (exact) mass is 615 g/mol. The van der Waals surface area contributed by atoms with Gasteiger partial charge >= 0.3 is 0 Å². The molecule has 2 heteroatoms. The average molecular weight is 616 g/mol. The van der Waals surface area contributed by atoms with Gasteiger partial charge in [0, 0.05) is 38.8 Å². The maximum Gasteiger partial charge on any atom is 0.143 e. The van der Waals surface area contributed by atoms with Crippen LogP contribution in [0.3, 0.4) is 0 Å². The number of nitrogens with zero attached hydrogens (tertiary/aromatic N) is 1. The Labute approximate surface area is 280 Å². The SMILES string of the molecule is C1=c2c(oc3c(-c4ccccc4)cccc23)=C(c2ccc(N(c3ccccc3)c3ccc(-c4ccc5ccccc5c4)cc3)cc2)CC1. The van der Waals surface area contributed by atoms with E-state index < -0.39 is 0 Å². The number of para-hydroxylation sites is 2. The molecule has 0 unspecified atom stereocenters. The van der Waals surface area contributed by atoms with Gasteiger partial charge in [0.1, 0.15) is 11.0 Å². The molecule has 0 amide bonds. The molecule has 1 heterocycles. The number of benzene rings is 7. The maximum atomic E-state index is 6.75. The molecule has 0 bridgehead atoms. The molecule has 2 nitrogen and oxygen atoms in total. The Morgan fingerprint density at radius 1 is 0.458 bits per heavy atom. The highest BCUT2D eigenvalue weighted by atomic mass is 16.3. The molecule has 7 aromatic carbocycles. The summed E-state index contributed by atoms with van der Waals surface area (Å²) in [6.07, 6.45) is 4.28. The van der Waals surface area contributed by atoms with E-state index in [0.29, 0.717) is 0 Å². The molecular formula is C46H33NO. The topological polar surface area (TPSA) is 16.4 Å². The normalized spacial score (nSPS) is 12.5. The van der Waals surface area contributed by atoms with Crippen LogP contribution >= 0.6 is 0 Å². The third-order valence-corrected chi connectivity index (χ3v) is 9.55. The van der Waals surface area contributed by atoms with Crippen LogP contribution in [0.2, 0.25) is 0 Å². The van der Waals surface area contributed by atoms with Gasteiger partial charge in [-0.15, -0.1) is 0 Å². The van der Waals surface area contributed by atoms with Gasteiger partial charge in [0.15, 0.2) is 0 Å². The highest BCUT2D eigenvalue weighted by Crippen LogP contribution is 2.37. The molecule has 0 radical (unpaired) electrons. The molecule has 0 atom stereocenters. The van der Waals surface area contributed by atoms with Crippen molar-refractivity contribution in [1.82, 2.24) is 0 Å². The predicted octanol–water partition coefficient (Wildman–Crippen LogP) is 11.2. The van der Waals surface area contributed by atoms with E-state index in [0.717, 1.165) is 46.5 Å². The first-order chi connectivity index (χ1) is 23.8. The molecule has 9 rings (SSSR count). The van der Waals surface area contributed by atoms with Crippen molar-refractivity contribution in [2.45, 2.75) is 12.8 Å². The molecule has 0 fully saturated rings. The molecule has 0 saturated heterocycles. The molecule has 1 aliphatic carbocycles. The fourth-order valence-electron chi connectivity index (χ4n) is 7.17. The van der Waals surface area contributed by atoms with Crippen LogP contribution in [-0.2, 0) is 0 Å². The number of rotatable bonds is 6. The Hall–Kier alpha value is -6.12. The molecule has 0 spiro atoms. The van der Waals surface area contributed by atoms with E-state index >= 15 is 0 Å². The third kappa shape index (κ3) is 4.99. The summed E-state index contributed by atoms with van der Waals surface area (Å²) < 4.78 is 6.75. The van der Waals surface area contributed by atoms with Gasteiger partial charge in [-0.05, 0) is 88.3 Å². The van der Waals surface area contributed by atoms with Crippen molar-refractivity contribution in [3.63, 3.8) is 0 Å². The molecule has 0 aliphatic heterocycles. The van der Waals surface area contributed by atoms with E-state index in [-0.39, 0.29) is 0 Å². The van der Waals surface area contributed by atoms with Gasteiger partial charge in [0.05, 0.1) is 0 Å². The molecule has 48 heavy (non-hydrogen) atoms. The Bertz CT molecular complexity index is 2530. The minimum Gasteiger partial charge on any atom is -0.455 e. The van der Waals surface area contributed by atoms with Gasteiger partial charge in [0.25, 0.3) is 0 Å². The lowest BCUT2D eigenvalue weighted by atomic mass is 9.95. The fourth-order valence-corrected chi connectivity index (χ4v) is 7.17. The number of hydrogen-bond acceptors (Lipinski definition) is 2. The first kappa shape index (κ1) is 28.1. The predicted molar refractivity (Wildman–Crippen MR) is 201 cm³/mol. The minimum atomic E-state index is 0.950. The third-order valence-electron chi connectivity index (χ3n) is 9.55. The lowest BCUT2D eigenvalue weighted by Crippen LogP contribution is -2.26. The van der Waals surface area contributed by atoms with Crippen molar-refractivity contribution in [3.05, 3.63) is 186 Å². The molecule has 8 aromatic rings. The van der Waals surface area contributed by atoms with E-state index in [1.165, 1.54) is 49.2 Å². The molecule has 0 saturated carbocycles. The molecule has 1 aliphatic rings. The lowest BCUT2D eigenvalue weighted by molar-refractivity contribution is 0.569. The van der Waals surface area contributed by atoms with Gasteiger partial charge in [0.2, 0.25) is 0 Å². The van der Waals surface area contributed by atoms with Crippen LogP contribution in [0.25, 0.3) is 55.6 Å². The van der Waals surface area contributed by atoms with E-state index in [4.69, 9.17) is 4.42 Å². The van der Waals surface area contributed by atoms with Crippen LogP contribution in [0.1, 0.15) is 18.4 Å². The average Bonchev–Trinajstić information content (AvgIpc) is 3.55. The number of anilines is 3. The summed E-state index contributed by atoms with van der Waals surface area (Å²) in [6.45, 7) is 0. The fraction of sp³-hybridized carbons (Fsp3) is 0.0435. The van der Waals surface area contributed by atoms with Crippen molar-refractivity contribution in [2.75, 3.05) is 4.90 Å². The Balaban J connectivity index is 1.10. The summed E-state index contributed by atoms with van der Waals surface area (Å²) in [7, 11) is 0. The highest BCUT2D eigenvalue weighted by molar-refractivity contribution is 5.94. The molecule has 1 aromatic heterocycles. The van der Waals surface area contributed by atoms with Crippen LogP contribution in [0.4, 0.5) is 17.1 Å². The van der Waals surface area contributed by atoms with Crippen LogP contribution in [-0.4, -0.2) is 0 Å². The van der Waals surface area contributed by atoms with Crippen molar-refractivity contribution < 1.29 is 4.42 Å². The lowest BCUT2D eigenvalue weighted by Gasteiger charge is -2.26. The Kier molecular flexibility index (Phi) is 6.98. The zero-order chi connectivity index (χ0) is 31.9. The number of furan rings is 1. The van der Waals surface area contributed by atoms with Gasteiger partial charge in [-0.25, -0.2) is 0 Å². The van der Waals surface area contributed by atoms with Crippen molar-refractivity contribution in [1.29, 1.82) is 0 Å². The van der Waals surface area contributed by atoms with Crippen molar-refractivity contribution >= 4 is 50.5 Å². The van der Waals surface area contributed by atoms with Gasteiger partial charge in [-0.1, -0.05) is 133 Å². The van der Waals surface area contributed by atoms with Crippen molar-refractivity contribution in [2.24, 2.45) is 0 Å². The second kappa shape index (κ2) is 11.9. The van der Waals surface area contributed by atoms with Gasteiger partial charge in [-0.2, -0.15) is 0 Å². The molecule has 228 valence electrons. The van der Waals surface area contributed by atoms with Crippen LogP contribution in [0.15, 0.2) is 174 Å². The Morgan fingerprint density at radius 2 is 1.08 bits per heavy atom. The summed E-state index contributed by atoms with van der Waals surface area (Å²) in [5.74, 6) is 0. The molecule has 0 N–H and O–H groups in total. The minimum absolute atomic E-state index is 0.950. The summed E-state index contributed by atoms with van der Waals surface area (Å²) in [5.41, 5.74) is 12.5. The van der Waals surface area contributed by atoms with E-state index in [2.05, 4.69) is 181 Å². The van der Waals surface area contributed by atoms with E-state index in [1.54, 1.807) is 0 Å². The quantitative estimate of drug-likeness (QED) is 0.185. The zero-order valence-corrected chi connectivity index (χ0v) is 26.5. The van der Waals surface area contributed by atoms with E-state index in [1.807, 2.05) is 0 Å². The van der Waals surface area contributed by atoms with Gasteiger partial charge < -0.3 is 9.32 Å². The van der Waals surface area contributed by atoms with Crippen LogP contribution in [0, 0.1) is 0 Å². The number of hydrogen-bond donors (Lipinski definition) is 0. The Morgan fingerprint density at radius 3 is 1.83 bits per heavy atom. The second-order valence-corrected chi connectivity index (χ2v) is 12.4. The summed E-state index contributed by atoms with van der Waals surface area (Å²) in [4.78, 5) is 2.33. The highest BCUT2D eigenvalue weighted by Gasteiger charge is 2.18. The zero-order valence-electron chi connectivity index (χ0n) is 26.5. The summed E-state index contributed by atoms with van der Waals surface area (Å²) >= 11 is 0. The molecular weight excluding hydrogens is 583 g/mol. The smallest absolute Gasteiger partial charge is 0.143 e. The first-order valence-electron chi connectivity index (χ1n) is 16.7. The van der Waals surface area contributed by atoms with Gasteiger partial charge in [-0.3, -0.25) is 0 Å². The standard InChI is InChI=1S/C46H33NO/c1-3-12-34(13-4-1)41-17-9-19-43-44-20-10-18-42(46(44)48-45(41)43)35-25-29-40(30-26-35)47(38-15-5-2-6-16-38)39-27-23-33(24-28-39)37-22-21-32-11-7-8-14-36(32)31-37/h1-9,11-17,19-31H,10,18H2. The van der Waals surface area contributed by atoms with E-state index in [9.17, 15) is 0 Å². The number of fused-ring (bicyclic) bond motifs is 4. The maximum absolute atomic E-state index is 6.75. The first-order valence-corrected chi connectivity index (χ1v) is 16.7. The summed E-state index contributed by atoms with van der Waals surface area (Å²) in [6, 6.07) is 60.7. The largest absolute Gasteiger partial charge is 0.455 e.